The third-order valence-corrected chi connectivity index (χ3v) is 6.41. The van der Waals surface area contributed by atoms with Gasteiger partial charge in [0.05, 0.1) is 18.3 Å². The van der Waals surface area contributed by atoms with E-state index in [1.165, 1.54) is 27.1 Å². The van der Waals surface area contributed by atoms with Crippen molar-refractivity contribution in [2.75, 3.05) is 7.05 Å². The molecule has 0 unspecified atom stereocenters. The lowest BCUT2D eigenvalue weighted by molar-refractivity contribution is -0.131. The molecule has 0 bridgehead atoms. The summed E-state index contributed by atoms with van der Waals surface area (Å²) in [6.45, 7) is 4.19. The molecule has 0 spiro atoms. The lowest BCUT2D eigenvalue weighted by atomic mass is 10.2. The second-order valence-corrected chi connectivity index (χ2v) is 8.83. The van der Waals surface area contributed by atoms with Crippen LogP contribution in [-0.4, -0.2) is 27.4 Å². The summed E-state index contributed by atoms with van der Waals surface area (Å²) in [6.07, 6.45) is 1.45. The van der Waals surface area contributed by atoms with Crippen molar-refractivity contribution in [2.45, 2.75) is 26.9 Å². The zero-order valence-corrected chi connectivity index (χ0v) is 17.4. The predicted octanol–water partition coefficient (Wildman–Crippen LogP) is 4.05. The standard InChI is InChI=1S/C20H19N3O3S2/c1-12-4-6-14(26-12)8-22(3)17(24)9-23-11-21-19-18(20(23)25)15(10-27-19)16-7-5-13(2)28-16/h4-7,10-11H,8-9H2,1-3H3. The van der Waals surface area contributed by atoms with E-state index >= 15 is 0 Å². The lowest BCUT2D eigenvalue weighted by Crippen LogP contribution is -2.33. The van der Waals surface area contributed by atoms with Crippen molar-refractivity contribution in [3.05, 3.63) is 62.7 Å². The minimum absolute atomic E-state index is 0.0588. The van der Waals surface area contributed by atoms with Crippen LogP contribution >= 0.6 is 22.7 Å². The topological polar surface area (TPSA) is 68.3 Å². The van der Waals surface area contributed by atoms with E-state index in [0.29, 0.717) is 22.5 Å². The Bertz CT molecular complexity index is 1210. The summed E-state index contributed by atoms with van der Waals surface area (Å²) < 4.78 is 6.90. The minimum Gasteiger partial charge on any atom is -0.464 e. The molecule has 28 heavy (non-hydrogen) atoms. The first-order valence-corrected chi connectivity index (χ1v) is 10.4. The van der Waals surface area contributed by atoms with Gasteiger partial charge in [0, 0.05) is 27.7 Å². The number of rotatable bonds is 5. The highest BCUT2D eigenvalue weighted by atomic mass is 32.1. The highest BCUT2D eigenvalue weighted by molar-refractivity contribution is 7.19. The fourth-order valence-electron chi connectivity index (χ4n) is 3.00. The molecule has 4 aromatic heterocycles. The average molecular weight is 414 g/mol. The summed E-state index contributed by atoms with van der Waals surface area (Å²) in [5, 5.41) is 2.54. The van der Waals surface area contributed by atoms with Crippen molar-refractivity contribution in [2.24, 2.45) is 0 Å². The fraction of sp³-hybridized carbons (Fsp3) is 0.250. The Morgan fingerprint density at radius 3 is 2.75 bits per heavy atom. The van der Waals surface area contributed by atoms with Crippen molar-refractivity contribution in [1.29, 1.82) is 0 Å². The molecule has 0 aliphatic heterocycles. The Morgan fingerprint density at radius 2 is 2.07 bits per heavy atom. The van der Waals surface area contributed by atoms with Gasteiger partial charge in [-0.15, -0.1) is 22.7 Å². The van der Waals surface area contributed by atoms with Gasteiger partial charge in [0.1, 0.15) is 22.9 Å². The van der Waals surface area contributed by atoms with Gasteiger partial charge >= 0.3 is 0 Å². The molecule has 4 heterocycles. The quantitative estimate of drug-likeness (QED) is 0.495. The molecule has 1 amide bonds. The van der Waals surface area contributed by atoms with E-state index in [1.54, 1.807) is 23.3 Å². The summed E-state index contributed by atoms with van der Waals surface area (Å²) in [6, 6.07) is 7.76. The van der Waals surface area contributed by atoms with Crippen molar-refractivity contribution in [1.82, 2.24) is 14.5 Å². The summed E-state index contributed by atoms with van der Waals surface area (Å²) in [7, 11) is 1.70. The Balaban J connectivity index is 1.61. The largest absolute Gasteiger partial charge is 0.464 e. The molecule has 6 nitrogen and oxygen atoms in total. The first kappa shape index (κ1) is 18.6. The van der Waals surface area contributed by atoms with Gasteiger partial charge in [-0.05, 0) is 38.1 Å². The summed E-state index contributed by atoms with van der Waals surface area (Å²) in [5.41, 5.74) is 0.694. The number of likely N-dealkylation sites (N-methyl/N-ethyl adjacent to an activating group) is 1. The summed E-state index contributed by atoms with van der Waals surface area (Å²) >= 11 is 3.09. The van der Waals surface area contributed by atoms with E-state index in [1.807, 2.05) is 43.5 Å². The lowest BCUT2D eigenvalue weighted by Gasteiger charge is -2.16. The number of carbonyl (C=O) groups is 1. The summed E-state index contributed by atoms with van der Waals surface area (Å²) in [5.74, 6) is 1.33. The van der Waals surface area contributed by atoms with Gasteiger partial charge in [0.15, 0.2) is 0 Å². The maximum Gasteiger partial charge on any atom is 0.263 e. The Morgan fingerprint density at radius 1 is 1.25 bits per heavy atom. The molecule has 0 saturated heterocycles. The van der Waals surface area contributed by atoms with Gasteiger partial charge in [0.25, 0.3) is 5.56 Å². The van der Waals surface area contributed by atoms with Crippen LogP contribution in [0, 0.1) is 13.8 Å². The first-order chi connectivity index (χ1) is 13.4. The maximum atomic E-state index is 13.1. The third-order valence-electron chi connectivity index (χ3n) is 4.49. The molecule has 4 aromatic rings. The van der Waals surface area contributed by atoms with Crippen molar-refractivity contribution < 1.29 is 9.21 Å². The molecule has 0 aromatic carbocycles. The van der Waals surface area contributed by atoms with Crippen LogP contribution in [0.1, 0.15) is 16.4 Å². The molecule has 0 N–H and O–H groups in total. The van der Waals surface area contributed by atoms with Crippen LogP contribution in [0.4, 0.5) is 0 Å². The van der Waals surface area contributed by atoms with Gasteiger partial charge < -0.3 is 9.32 Å². The molecule has 0 aliphatic carbocycles. The molecule has 8 heteroatoms. The molecule has 0 atom stereocenters. The Kier molecular flexibility index (Phi) is 4.91. The number of hydrogen-bond acceptors (Lipinski definition) is 6. The van der Waals surface area contributed by atoms with Crippen LogP contribution in [0.3, 0.4) is 0 Å². The number of furan rings is 1. The van der Waals surface area contributed by atoms with Crippen molar-refractivity contribution in [3.8, 4) is 10.4 Å². The number of thiophene rings is 2. The fourth-order valence-corrected chi connectivity index (χ4v) is 4.86. The smallest absolute Gasteiger partial charge is 0.263 e. The number of aromatic nitrogens is 2. The van der Waals surface area contributed by atoms with Crippen molar-refractivity contribution in [3.63, 3.8) is 0 Å². The number of amides is 1. The number of fused-ring (bicyclic) bond motifs is 1. The highest BCUT2D eigenvalue weighted by Crippen LogP contribution is 2.34. The molecule has 0 radical (unpaired) electrons. The first-order valence-electron chi connectivity index (χ1n) is 8.75. The molecule has 0 saturated carbocycles. The Hall–Kier alpha value is -2.71. The molecule has 0 aliphatic rings. The summed E-state index contributed by atoms with van der Waals surface area (Å²) in [4.78, 5) is 34.5. The van der Waals surface area contributed by atoms with Crippen LogP contribution in [0.15, 0.2) is 45.2 Å². The molecular formula is C20H19N3O3S2. The van der Waals surface area contributed by atoms with Crippen LogP contribution in [-0.2, 0) is 17.9 Å². The van der Waals surface area contributed by atoms with Crippen LogP contribution in [0.25, 0.3) is 20.7 Å². The second kappa shape index (κ2) is 7.37. The third kappa shape index (κ3) is 3.53. The van der Waals surface area contributed by atoms with E-state index in [0.717, 1.165) is 16.2 Å². The van der Waals surface area contributed by atoms with Gasteiger partial charge in [0.2, 0.25) is 5.91 Å². The van der Waals surface area contributed by atoms with E-state index in [-0.39, 0.29) is 18.0 Å². The Labute approximate surface area is 169 Å². The van der Waals surface area contributed by atoms with E-state index in [2.05, 4.69) is 4.98 Å². The van der Waals surface area contributed by atoms with E-state index in [4.69, 9.17) is 4.42 Å². The zero-order valence-electron chi connectivity index (χ0n) is 15.8. The minimum atomic E-state index is -0.192. The predicted molar refractivity (Wildman–Crippen MR) is 112 cm³/mol. The SMILES string of the molecule is Cc1ccc(CN(C)C(=O)Cn2cnc3scc(-c4ccc(C)s4)c3c2=O)o1. The van der Waals surface area contributed by atoms with Crippen LogP contribution in [0.5, 0.6) is 0 Å². The molecular weight excluding hydrogens is 394 g/mol. The number of aryl methyl sites for hydroxylation is 2. The molecule has 4 rings (SSSR count). The van der Waals surface area contributed by atoms with E-state index < -0.39 is 0 Å². The van der Waals surface area contributed by atoms with E-state index in [9.17, 15) is 9.59 Å². The molecule has 0 fully saturated rings. The normalized spacial score (nSPS) is 11.2. The van der Waals surface area contributed by atoms with Gasteiger partial charge in [-0.3, -0.25) is 14.2 Å². The average Bonchev–Trinajstić information content (AvgIpc) is 3.37. The number of nitrogens with zero attached hydrogens (tertiary/aromatic N) is 3. The monoisotopic (exact) mass is 413 g/mol. The number of hydrogen-bond donors (Lipinski definition) is 0. The number of carbonyl (C=O) groups excluding carboxylic acids is 1. The van der Waals surface area contributed by atoms with Crippen molar-refractivity contribution >= 4 is 38.8 Å². The highest BCUT2D eigenvalue weighted by Gasteiger charge is 2.17. The van der Waals surface area contributed by atoms with Gasteiger partial charge in [-0.25, -0.2) is 4.98 Å². The van der Waals surface area contributed by atoms with Gasteiger partial charge in [-0.1, -0.05) is 0 Å². The maximum absolute atomic E-state index is 13.1. The second-order valence-electron chi connectivity index (χ2n) is 6.68. The van der Waals surface area contributed by atoms with Gasteiger partial charge in [-0.2, -0.15) is 0 Å². The zero-order chi connectivity index (χ0) is 19.8. The van der Waals surface area contributed by atoms with Crippen LogP contribution < -0.4 is 5.56 Å². The van der Waals surface area contributed by atoms with Crippen LogP contribution in [0.2, 0.25) is 0 Å². The molecule has 144 valence electrons.